The topological polar surface area (TPSA) is 104 Å². The largest absolute Gasteiger partial charge is 0.398 e. The maximum Gasteiger partial charge on any atom is 0.0407 e. The highest BCUT2D eigenvalue weighted by atomic mass is 14.6. The van der Waals surface area contributed by atoms with E-state index in [9.17, 15) is 0 Å². The van der Waals surface area contributed by atoms with Crippen molar-refractivity contribution in [2.45, 2.75) is 0 Å². The van der Waals surface area contributed by atoms with Crippen LogP contribution in [0.2, 0.25) is 0 Å². The number of anilines is 4. The van der Waals surface area contributed by atoms with E-state index in [0.717, 1.165) is 54.6 Å². The van der Waals surface area contributed by atoms with Gasteiger partial charge >= 0.3 is 0 Å². The molecule has 0 spiro atoms. The molecule has 0 atom stereocenters. The van der Waals surface area contributed by atoms with Crippen molar-refractivity contribution in [2.24, 2.45) is 0 Å². The quantitative estimate of drug-likeness (QED) is 0.199. The molecule has 4 heteroatoms. The lowest BCUT2D eigenvalue weighted by Crippen LogP contribution is -1.99. The molecule has 0 amide bonds. The molecule has 0 fully saturated rings. The van der Waals surface area contributed by atoms with Crippen molar-refractivity contribution < 1.29 is 0 Å². The maximum absolute atomic E-state index is 6.57. The van der Waals surface area contributed by atoms with Crippen LogP contribution >= 0.6 is 0 Å². The Bertz CT molecular complexity index is 1540. The minimum Gasteiger partial charge on any atom is -0.398 e. The molecule has 0 bridgehead atoms. The Balaban J connectivity index is 1.82. The average molecular weight is 415 g/mol. The summed E-state index contributed by atoms with van der Waals surface area (Å²) < 4.78 is 0. The van der Waals surface area contributed by atoms with Crippen molar-refractivity contribution in [3.63, 3.8) is 0 Å². The van der Waals surface area contributed by atoms with Gasteiger partial charge < -0.3 is 22.9 Å². The van der Waals surface area contributed by atoms with Crippen LogP contribution in [0, 0.1) is 0 Å². The first-order valence-corrected chi connectivity index (χ1v) is 10.5. The van der Waals surface area contributed by atoms with Gasteiger partial charge in [0.25, 0.3) is 0 Å². The summed E-state index contributed by atoms with van der Waals surface area (Å²) in [5, 5.41) is 6.64. The Morgan fingerprint density at radius 1 is 0.406 bits per heavy atom. The lowest BCUT2D eigenvalue weighted by Gasteiger charge is -2.20. The van der Waals surface area contributed by atoms with Gasteiger partial charge in [0.1, 0.15) is 0 Å². The molecule has 0 radical (unpaired) electrons. The number of rotatable bonds is 2. The Labute approximate surface area is 185 Å². The summed E-state index contributed by atoms with van der Waals surface area (Å²) in [5.41, 5.74) is 32.5. The SMILES string of the molecule is Nc1ccccc1-c1c(N)cc2ccc3cc(N)c(-c4ccccc4N)c4ccc1c2c34. The number of nitrogens with two attached hydrogens (primary N) is 4. The van der Waals surface area contributed by atoms with Crippen LogP contribution < -0.4 is 22.9 Å². The molecule has 0 unspecified atom stereocenters. The predicted molar refractivity (Wildman–Crippen MR) is 139 cm³/mol. The molecule has 4 nitrogen and oxygen atoms in total. The monoisotopic (exact) mass is 414 g/mol. The summed E-state index contributed by atoms with van der Waals surface area (Å²) in [6.45, 7) is 0. The summed E-state index contributed by atoms with van der Waals surface area (Å²) in [4.78, 5) is 0. The zero-order valence-electron chi connectivity index (χ0n) is 17.4. The van der Waals surface area contributed by atoms with Crippen LogP contribution in [0.4, 0.5) is 22.7 Å². The zero-order chi connectivity index (χ0) is 22.0. The van der Waals surface area contributed by atoms with Gasteiger partial charge in [0, 0.05) is 45.0 Å². The summed E-state index contributed by atoms with van der Waals surface area (Å²) >= 11 is 0. The van der Waals surface area contributed by atoms with E-state index in [1.54, 1.807) is 0 Å². The molecule has 6 aromatic carbocycles. The van der Waals surface area contributed by atoms with E-state index in [1.165, 1.54) is 0 Å². The lowest BCUT2D eigenvalue weighted by atomic mass is 9.85. The molecule has 6 rings (SSSR count). The van der Waals surface area contributed by atoms with Crippen molar-refractivity contribution in [1.82, 2.24) is 0 Å². The first-order valence-electron chi connectivity index (χ1n) is 10.5. The molecule has 0 aliphatic rings. The van der Waals surface area contributed by atoms with Crippen molar-refractivity contribution in [3.8, 4) is 22.3 Å². The summed E-state index contributed by atoms with van der Waals surface area (Å²) in [7, 11) is 0. The maximum atomic E-state index is 6.57. The van der Waals surface area contributed by atoms with E-state index < -0.39 is 0 Å². The van der Waals surface area contributed by atoms with Crippen LogP contribution in [0.25, 0.3) is 54.6 Å². The molecule has 8 N–H and O–H groups in total. The average Bonchev–Trinajstić information content (AvgIpc) is 2.78. The van der Waals surface area contributed by atoms with E-state index in [4.69, 9.17) is 22.9 Å². The van der Waals surface area contributed by atoms with Crippen LogP contribution in [-0.4, -0.2) is 0 Å². The van der Waals surface area contributed by atoms with E-state index in [0.29, 0.717) is 22.7 Å². The van der Waals surface area contributed by atoms with Gasteiger partial charge in [0.2, 0.25) is 0 Å². The second-order valence-corrected chi connectivity index (χ2v) is 8.28. The van der Waals surface area contributed by atoms with Crippen LogP contribution in [0.1, 0.15) is 0 Å². The van der Waals surface area contributed by atoms with Gasteiger partial charge in [-0.1, -0.05) is 60.7 Å². The van der Waals surface area contributed by atoms with E-state index >= 15 is 0 Å². The zero-order valence-corrected chi connectivity index (χ0v) is 17.4. The first kappa shape index (κ1) is 18.3. The van der Waals surface area contributed by atoms with Crippen molar-refractivity contribution in [3.05, 3.63) is 84.9 Å². The second kappa shape index (κ2) is 6.53. The summed E-state index contributed by atoms with van der Waals surface area (Å²) in [5.74, 6) is 0. The van der Waals surface area contributed by atoms with Gasteiger partial charge in [-0.05, 0) is 56.6 Å². The molecule has 6 aromatic rings. The molecule has 0 saturated carbocycles. The summed E-state index contributed by atoms with van der Waals surface area (Å²) in [6.07, 6.45) is 0. The van der Waals surface area contributed by atoms with Crippen molar-refractivity contribution in [1.29, 1.82) is 0 Å². The van der Waals surface area contributed by atoms with Crippen LogP contribution in [0.3, 0.4) is 0 Å². The molecule has 0 aliphatic carbocycles. The molecule has 154 valence electrons. The Kier molecular flexibility index (Phi) is 3.74. The van der Waals surface area contributed by atoms with Gasteiger partial charge in [-0.2, -0.15) is 0 Å². The molecule has 32 heavy (non-hydrogen) atoms. The standard InChI is InChI=1S/C28H22N4/c29-21-7-3-1-5-17(21)27-19-11-12-20-26-16(10-9-15(25(19)26)13-23(27)31)14-24(32)28(20)18-6-2-4-8-22(18)30/h1-14H,29-32H2. The lowest BCUT2D eigenvalue weighted by molar-refractivity contribution is 1.63. The van der Waals surface area contributed by atoms with Gasteiger partial charge in [0.15, 0.2) is 0 Å². The van der Waals surface area contributed by atoms with Crippen LogP contribution in [0.15, 0.2) is 84.9 Å². The fourth-order valence-electron chi connectivity index (χ4n) is 5.05. The molecule has 0 heterocycles. The third-order valence-corrected chi connectivity index (χ3v) is 6.42. The minimum atomic E-state index is 0.705. The first-order chi connectivity index (χ1) is 15.5. The van der Waals surface area contributed by atoms with E-state index in [-0.39, 0.29) is 0 Å². The van der Waals surface area contributed by atoms with Gasteiger partial charge in [0.05, 0.1) is 0 Å². The smallest absolute Gasteiger partial charge is 0.0407 e. The molecular weight excluding hydrogens is 392 g/mol. The molecule has 0 aromatic heterocycles. The highest BCUT2D eigenvalue weighted by Crippen LogP contribution is 2.47. The fourth-order valence-corrected chi connectivity index (χ4v) is 5.05. The van der Waals surface area contributed by atoms with E-state index in [1.807, 2.05) is 60.7 Å². The normalized spacial score (nSPS) is 11.6. The number of nitrogen functional groups attached to an aromatic ring is 4. The van der Waals surface area contributed by atoms with Crippen LogP contribution in [-0.2, 0) is 0 Å². The molecule has 0 saturated heterocycles. The third-order valence-electron chi connectivity index (χ3n) is 6.42. The minimum absolute atomic E-state index is 0.705. The number of hydrogen-bond donors (Lipinski definition) is 4. The highest BCUT2D eigenvalue weighted by molar-refractivity contribution is 6.30. The fraction of sp³-hybridized carbons (Fsp3) is 0. The number of benzene rings is 6. The molecule has 0 aliphatic heterocycles. The number of para-hydroxylation sites is 2. The van der Waals surface area contributed by atoms with Crippen LogP contribution in [0.5, 0.6) is 0 Å². The second-order valence-electron chi connectivity index (χ2n) is 8.28. The van der Waals surface area contributed by atoms with Gasteiger partial charge in [-0.3, -0.25) is 0 Å². The van der Waals surface area contributed by atoms with E-state index in [2.05, 4.69) is 24.3 Å². The number of hydrogen-bond acceptors (Lipinski definition) is 4. The Morgan fingerprint density at radius 3 is 1.22 bits per heavy atom. The Morgan fingerprint density at radius 2 is 0.812 bits per heavy atom. The van der Waals surface area contributed by atoms with Gasteiger partial charge in [-0.25, -0.2) is 0 Å². The third kappa shape index (κ3) is 2.44. The van der Waals surface area contributed by atoms with Gasteiger partial charge in [-0.15, -0.1) is 0 Å². The Hall–Kier alpha value is -4.44. The predicted octanol–water partition coefficient (Wildman–Crippen LogP) is 6.25. The van der Waals surface area contributed by atoms with Crippen molar-refractivity contribution in [2.75, 3.05) is 22.9 Å². The highest BCUT2D eigenvalue weighted by Gasteiger charge is 2.19. The molecular formula is C28H22N4. The summed E-state index contributed by atoms with van der Waals surface area (Å²) in [6, 6.07) is 28.2. The van der Waals surface area contributed by atoms with Crippen molar-refractivity contribution >= 4 is 55.1 Å².